The molecule has 1 aromatic heterocycles. The van der Waals surface area contributed by atoms with Gasteiger partial charge in [-0.25, -0.2) is 4.98 Å². The van der Waals surface area contributed by atoms with Gasteiger partial charge < -0.3 is 5.73 Å². The lowest BCUT2D eigenvalue weighted by Crippen LogP contribution is -2.29. The number of amides is 1. The van der Waals surface area contributed by atoms with E-state index in [9.17, 15) is 9.59 Å². The third-order valence-corrected chi connectivity index (χ3v) is 2.71. The normalized spacial score (nSPS) is 10.2. The molecule has 1 aromatic carbocycles. The van der Waals surface area contributed by atoms with Crippen LogP contribution in [0, 0.1) is 0 Å². The summed E-state index contributed by atoms with van der Waals surface area (Å²) >= 11 is 3.30. The highest BCUT2D eigenvalue weighted by molar-refractivity contribution is 9.10. The van der Waals surface area contributed by atoms with Crippen LogP contribution in [0.5, 0.6) is 0 Å². The number of carbonyl (C=O) groups excluding carboxylic acids is 1. The average molecular weight is 294 g/mol. The van der Waals surface area contributed by atoms with E-state index in [1.54, 1.807) is 24.3 Å². The molecule has 0 unspecified atom stereocenters. The number of nitrogens with two attached hydrogens (primary N) is 1. The van der Waals surface area contributed by atoms with Crippen molar-refractivity contribution in [3.8, 4) is 5.69 Å². The SMILES string of the molecule is NC(=O)c1nccn(-c2ccc(Br)cc2)c1=O. The summed E-state index contributed by atoms with van der Waals surface area (Å²) in [7, 11) is 0. The zero-order chi connectivity index (χ0) is 12.4. The minimum atomic E-state index is -0.832. The Morgan fingerprint density at radius 3 is 2.53 bits per heavy atom. The van der Waals surface area contributed by atoms with Crippen LogP contribution in [0.3, 0.4) is 0 Å². The molecular formula is C11H8BrN3O2. The van der Waals surface area contributed by atoms with Crippen molar-refractivity contribution < 1.29 is 4.79 Å². The maximum atomic E-state index is 11.9. The monoisotopic (exact) mass is 293 g/mol. The van der Waals surface area contributed by atoms with Crippen molar-refractivity contribution in [1.82, 2.24) is 9.55 Å². The molecule has 0 atom stereocenters. The number of rotatable bonds is 2. The zero-order valence-electron chi connectivity index (χ0n) is 8.63. The van der Waals surface area contributed by atoms with E-state index in [1.165, 1.54) is 17.0 Å². The van der Waals surface area contributed by atoms with Crippen LogP contribution in [0.4, 0.5) is 0 Å². The molecule has 0 bridgehead atoms. The number of hydrogen-bond donors (Lipinski definition) is 1. The first-order valence-corrected chi connectivity index (χ1v) is 5.52. The molecule has 86 valence electrons. The van der Waals surface area contributed by atoms with Gasteiger partial charge in [0.2, 0.25) is 0 Å². The summed E-state index contributed by atoms with van der Waals surface area (Å²) in [6.45, 7) is 0. The first kappa shape index (κ1) is 11.5. The number of hydrogen-bond acceptors (Lipinski definition) is 3. The highest BCUT2D eigenvalue weighted by atomic mass is 79.9. The average Bonchev–Trinajstić information content (AvgIpc) is 2.30. The van der Waals surface area contributed by atoms with E-state index in [1.807, 2.05) is 0 Å². The Morgan fingerprint density at radius 2 is 1.94 bits per heavy atom. The maximum absolute atomic E-state index is 11.9. The third-order valence-electron chi connectivity index (χ3n) is 2.18. The standard InChI is InChI=1S/C11H8BrN3O2/c12-7-1-3-8(4-2-7)15-6-5-14-9(10(13)16)11(15)17/h1-6H,(H2,13,16). The van der Waals surface area contributed by atoms with Crippen LogP contribution in [0.1, 0.15) is 10.5 Å². The van der Waals surface area contributed by atoms with Gasteiger partial charge in [-0.3, -0.25) is 14.2 Å². The maximum Gasteiger partial charge on any atom is 0.286 e. The van der Waals surface area contributed by atoms with Crippen LogP contribution in [0.2, 0.25) is 0 Å². The number of nitrogens with zero attached hydrogens (tertiary/aromatic N) is 2. The van der Waals surface area contributed by atoms with Gasteiger partial charge in [-0.15, -0.1) is 0 Å². The van der Waals surface area contributed by atoms with E-state index in [0.29, 0.717) is 5.69 Å². The second kappa shape index (κ2) is 4.50. The Bertz CT molecular complexity index is 619. The summed E-state index contributed by atoms with van der Waals surface area (Å²) in [5, 5.41) is 0. The molecule has 17 heavy (non-hydrogen) atoms. The summed E-state index contributed by atoms with van der Waals surface area (Å²) in [6.07, 6.45) is 2.85. The summed E-state index contributed by atoms with van der Waals surface area (Å²) in [5.74, 6) is -0.832. The fourth-order valence-corrected chi connectivity index (χ4v) is 1.65. The van der Waals surface area contributed by atoms with Gasteiger partial charge in [-0.2, -0.15) is 0 Å². The van der Waals surface area contributed by atoms with Crippen LogP contribution in [0.25, 0.3) is 5.69 Å². The first-order valence-electron chi connectivity index (χ1n) is 4.73. The Kier molecular flexibility index (Phi) is 3.06. The molecule has 2 aromatic rings. The Balaban J connectivity index is 2.61. The molecule has 0 aliphatic carbocycles. The molecular weight excluding hydrogens is 286 g/mol. The largest absolute Gasteiger partial charge is 0.364 e. The lowest BCUT2D eigenvalue weighted by molar-refractivity contribution is 0.0993. The number of aromatic nitrogens is 2. The van der Waals surface area contributed by atoms with Crippen LogP contribution >= 0.6 is 15.9 Å². The van der Waals surface area contributed by atoms with Gasteiger partial charge >= 0.3 is 0 Å². The zero-order valence-corrected chi connectivity index (χ0v) is 10.2. The minimum Gasteiger partial charge on any atom is -0.364 e. The predicted molar refractivity (Wildman–Crippen MR) is 66.1 cm³/mol. The molecule has 0 saturated carbocycles. The smallest absolute Gasteiger partial charge is 0.286 e. The first-order chi connectivity index (χ1) is 8.09. The molecule has 1 heterocycles. The lowest BCUT2D eigenvalue weighted by Gasteiger charge is -2.05. The van der Waals surface area contributed by atoms with Gasteiger partial charge in [-0.1, -0.05) is 15.9 Å². The quantitative estimate of drug-likeness (QED) is 0.900. The Morgan fingerprint density at radius 1 is 1.29 bits per heavy atom. The third kappa shape index (κ3) is 2.26. The van der Waals surface area contributed by atoms with Crippen LogP contribution in [-0.4, -0.2) is 15.5 Å². The topological polar surface area (TPSA) is 78.0 Å². The van der Waals surface area contributed by atoms with Gasteiger partial charge in [0.05, 0.1) is 0 Å². The second-order valence-electron chi connectivity index (χ2n) is 3.29. The Hall–Kier alpha value is -1.95. The summed E-state index contributed by atoms with van der Waals surface area (Å²) in [6, 6.07) is 7.09. The van der Waals surface area contributed by atoms with Crippen molar-refractivity contribution in [3.63, 3.8) is 0 Å². The molecule has 0 saturated heterocycles. The van der Waals surface area contributed by atoms with E-state index in [-0.39, 0.29) is 5.69 Å². The molecule has 5 nitrogen and oxygen atoms in total. The fraction of sp³-hybridized carbons (Fsp3) is 0. The van der Waals surface area contributed by atoms with E-state index in [0.717, 1.165) is 4.47 Å². The predicted octanol–water partition coefficient (Wildman–Crippen LogP) is 1.09. The molecule has 1 amide bonds. The van der Waals surface area contributed by atoms with Crippen LogP contribution in [-0.2, 0) is 0 Å². The van der Waals surface area contributed by atoms with Crippen LogP contribution in [0.15, 0.2) is 45.9 Å². The summed E-state index contributed by atoms with van der Waals surface area (Å²) in [5.41, 5.74) is 4.91. The van der Waals surface area contributed by atoms with Gasteiger partial charge in [-0.05, 0) is 24.3 Å². The van der Waals surface area contributed by atoms with Crippen molar-refractivity contribution in [2.45, 2.75) is 0 Å². The van der Waals surface area contributed by atoms with Crippen molar-refractivity contribution in [1.29, 1.82) is 0 Å². The number of primary amides is 1. The highest BCUT2D eigenvalue weighted by Crippen LogP contribution is 2.12. The second-order valence-corrected chi connectivity index (χ2v) is 4.21. The van der Waals surface area contributed by atoms with Gasteiger partial charge in [0, 0.05) is 22.6 Å². The molecule has 0 radical (unpaired) electrons. The lowest BCUT2D eigenvalue weighted by atomic mass is 10.3. The minimum absolute atomic E-state index is 0.268. The van der Waals surface area contributed by atoms with Crippen molar-refractivity contribution in [2.24, 2.45) is 5.73 Å². The molecule has 0 spiro atoms. The van der Waals surface area contributed by atoms with Crippen molar-refractivity contribution >= 4 is 21.8 Å². The van der Waals surface area contributed by atoms with Gasteiger partial charge in [0.1, 0.15) is 0 Å². The highest BCUT2D eigenvalue weighted by Gasteiger charge is 2.10. The summed E-state index contributed by atoms with van der Waals surface area (Å²) < 4.78 is 2.22. The van der Waals surface area contributed by atoms with Crippen molar-refractivity contribution in [3.05, 3.63) is 57.2 Å². The van der Waals surface area contributed by atoms with E-state index in [2.05, 4.69) is 20.9 Å². The summed E-state index contributed by atoms with van der Waals surface area (Å²) in [4.78, 5) is 26.5. The van der Waals surface area contributed by atoms with Gasteiger partial charge in [0.15, 0.2) is 5.69 Å². The van der Waals surface area contributed by atoms with E-state index >= 15 is 0 Å². The Labute approximate surface area is 105 Å². The fourth-order valence-electron chi connectivity index (χ4n) is 1.39. The van der Waals surface area contributed by atoms with Gasteiger partial charge in [0.25, 0.3) is 11.5 Å². The number of carbonyl (C=O) groups is 1. The molecule has 0 aliphatic rings. The number of benzene rings is 1. The van der Waals surface area contributed by atoms with Crippen LogP contribution < -0.4 is 11.3 Å². The molecule has 2 N–H and O–H groups in total. The molecule has 6 heteroatoms. The molecule has 0 aliphatic heterocycles. The molecule has 0 fully saturated rings. The van der Waals surface area contributed by atoms with E-state index < -0.39 is 11.5 Å². The van der Waals surface area contributed by atoms with Crippen molar-refractivity contribution in [2.75, 3.05) is 0 Å². The molecule has 2 rings (SSSR count). The number of halogens is 1. The van der Waals surface area contributed by atoms with E-state index in [4.69, 9.17) is 5.73 Å².